The van der Waals surface area contributed by atoms with Gasteiger partial charge in [0.2, 0.25) is 0 Å². The van der Waals surface area contributed by atoms with Crippen molar-refractivity contribution in [2.45, 2.75) is 6.92 Å². The van der Waals surface area contributed by atoms with Gasteiger partial charge in [0.15, 0.2) is 0 Å². The van der Waals surface area contributed by atoms with Gasteiger partial charge in [-0.15, -0.1) is 0 Å². The highest BCUT2D eigenvalue weighted by Crippen LogP contribution is 2.22. The minimum absolute atomic E-state index is 0.0873. The van der Waals surface area contributed by atoms with Gasteiger partial charge < -0.3 is 14.2 Å². The number of hydrogen-bond acceptors (Lipinski definition) is 4. The summed E-state index contributed by atoms with van der Waals surface area (Å²) in [5, 5.41) is 1.45. The van der Waals surface area contributed by atoms with Gasteiger partial charge in [-0.25, -0.2) is 4.79 Å². The SMILES string of the molecule is Cc1ccc2oc(=O)c(C(=O)N3CCN(c4cccc(Cl)c4)CC3)cc2c1. The molecular formula is C21H19ClN2O3. The van der Waals surface area contributed by atoms with E-state index in [1.807, 2.05) is 43.3 Å². The zero-order valence-electron chi connectivity index (χ0n) is 14.9. The van der Waals surface area contributed by atoms with Crippen molar-refractivity contribution in [2.24, 2.45) is 0 Å². The first kappa shape index (κ1) is 17.6. The van der Waals surface area contributed by atoms with E-state index in [1.165, 1.54) is 0 Å². The molecule has 27 heavy (non-hydrogen) atoms. The first-order chi connectivity index (χ1) is 13.0. The molecule has 0 radical (unpaired) electrons. The van der Waals surface area contributed by atoms with Crippen LogP contribution in [-0.4, -0.2) is 37.0 Å². The van der Waals surface area contributed by atoms with Crippen LogP contribution in [-0.2, 0) is 0 Å². The molecule has 0 aliphatic carbocycles. The van der Waals surface area contributed by atoms with Crippen molar-refractivity contribution in [1.82, 2.24) is 4.90 Å². The highest BCUT2D eigenvalue weighted by atomic mass is 35.5. The summed E-state index contributed by atoms with van der Waals surface area (Å²) in [5.41, 5.74) is 2.08. The van der Waals surface area contributed by atoms with Crippen LogP contribution in [0.1, 0.15) is 15.9 Å². The Balaban J connectivity index is 1.53. The average molecular weight is 383 g/mol. The van der Waals surface area contributed by atoms with E-state index in [-0.39, 0.29) is 11.5 Å². The van der Waals surface area contributed by atoms with Crippen molar-refractivity contribution in [3.05, 3.63) is 75.1 Å². The highest BCUT2D eigenvalue weighted by Gasteiger charge is 2.25. The Bertz CT molecular complexity index is 1070. The molecule has 0 spiro atoms. The lowest BCUT2D eigenvalue weighted by molar-refractivity contribution is 0.0742. The van der Waals surface area contributed by atoms with E-state index >= 15 is 0 Å². The predicted octanol–water partition coefficient (Wildman–Crippen LogP) is 3.72. The summed E-state index contributed by atoms with van der Waals surface area (Å²) in [7, 11) is 0. The number of anilines is 1. The zero-order valence-corrected chi connectivity index (χ0v) is 15.7. The number of rotatable bonds is 2. The molecule has 0 bridgehead atoms. The van der Waals surface area contributed by atoms with Gasteiger partial charge in [0.25, 0.3) is 5.91 Å². The summed E-state index contributed by atoms with van der Waals surface area (Å²) in [6.45, 7) is 4.41. The van der Waals surface area contributed by atoms with Crippen molar-refractivity contribution in [2.75, 3.05) is 31.1 Å². The third kappa shape index (κ3) is 3.55. The van der Waals surface area contributed by atoms with E-state index in [9.17, 15) is 9.59 Å². The number of nitrogens with zero attached hydrogens (tertiary/aromatic N) is 2. The van der Waals surface area contributed by atoms with Crippen molar-refractivity contribution in [3.63, 3.8) is 0 Å². The highest BCUT2D eigenvalue weighted by molar-refractivity contribution is 6.30. The summed E-state index contributed by atoms with van der Waals surface area (Å²) in [6.07, 6.45) is 0. The average Bonchev–Trinajstić information content (AvgIpc) is 2.67. The van der Waals surface area contributed by atoms with Crippen LogP contribution in [0.25, 0.3) is 11.0 Å². The molecule has 4 rings (SSSR count). The van der Waals surface area contributed by atoms with Crippen LogP contribution < -0.4 is 10.5 Å². The molecule has 6 heteroatoms. The molecule has 2 aromatic carbocycles. The molecule has 0 unspecified atom stereocenters. The number of benzene rings is 2. The van der Waals surface area contributed by atoms with E-state index in [4.69, 9.17) is 16.0 Å². The lowest BCUT2D eigenvalue weighted by atomic mass is 10.1. The predicted molar refractivity (Wildman–Crippen MR) is 107 cm³/mol. The molecule has 0 N–H and O–H groups in total. The topological polar surface area (TPSA) is 53.8 Å². The number of hydrogen-bond donors (Lipinski definition) is 0. The number of aryl methyl sites for hydroxylation is 1. The maximum atomic E-state index is 12.9. The molecule has 1 aliphatic heterocycles. The zero-order chi connectivity index (χ0) is 19.0. The van der Waals surface area contributed by atoms with E-state index < -0.39 is 5.63 Å². The van der Waals surface area contributed by atoms with Crippen LogP contribution in [0, 0.1) is 6.92 Å². The van der Waals surface area contributed by atoms with Crippen LogP contribution in [0.5, 0.6) is 0 Å². The molecule has 1 aromatic heterocycles. The number of halogens is 1. The van der Waals surface area contributed by atoms with Crippen molar-refractivity contribution >= 4 is 34.2 Å². The van der Waals surface area contributed by atoms with Gasteiger partial charge in [-0.1, -0.05) is 29.3 Å². The van der Waals surface area contributed by atoms with Crippen LogP contribution in [0.2, 0.25) is 5.02 Å². The lowest BCUT2D eigenvalue weighted by Crippen LogP contribution is -2.49. The molecule has 2 heterocycles. The van der Waals surface area contributed by atoms with Crippen LogP contribution in [0.3, 0.4) is 0 Å². The number of carbonyl (C=O) groups is 1. The molecule has 138 valence electrons. The number of piperazine rings is 1. The van der Waals surface area contributed by atoms with Gasteiger partial charge in [-0.3, -0.25) is 4.79 Å². The van der Waals surface area contributed by atoms with Gasteiger partial charge in [-0.2, -0.15) is 0 Å². The fourth-order valence-electron chi connectivity index (χ4n) is 3.40. The maximum absolute atomic E-state index is 12.9. The van der Waals surface area contributed by atoms with Gasteiger partial charge >= 0.3 is 5.63 Å². The van der Waals surface area contributed by atoms with Gasteiger partial charge in [0.05, 0.1) is 0 Å². The second-order valence-corrected chi connectivity index (χ2v) is 7.18. The van der Waals surface area contributed by atoms with Gasteiger partial charge in [0, 0.05) is 42.3 Å². The third-order valence-corrected chi connectivity index (χ3v) is 5.09. The molecule has 1 fully saturated rings. The Hall–Kier alpha value is -2.79. The minimum atomic E-state index is -0.589. The van der Waals surface area contributed by atoms with Crippen molar-refractivity contribution in [1.29, 1.82) is 0 Å². The van der Waals surface area contributed by atoms with Crippen LogP contribution in [0.15, 0.2) is 57.7 Å². The molecule has 1 amide bonds. The number of fused-ring (bicyclic) bond motifs is 1. The number of amides is 1. The van der Waals surface area contributed by atoms with Crippen LogP contribution in [0.4, 0.5) is 5.69 Å². The summed E-state index contributed by atoms with van der Waals surface area (Å²) in [5.74, 6) is -0.280. The summed E-state index contributed by atoms with van der Waals surface area (Å²) < 4.78 is 5.34. The van der Waals surface area contributed by atoms with Gasteiger partial charge in [0.1, 0.15) is 11.1 Å². The standard InChI is InChI=1S/C21H19ClN2O3/c1-14-5-6-19-15(11-14)12-18(21(26)27-19)20(25)24-9-7-23(8-10-24)17-4-2-3-16(22)13-17/h2-6,11-13H,7-10H2,1H3. The molecule has 1 aliphatic rings. The normalized spacial score (nSPS) is 14.6. The Morgan fingerprint density at radius 2 is 1.81 bits per heavy atom. The molecule has 0 saturated carbocycles. The smallest absolute Gasteiger partial charge is 0.349 e. The second-order valence-electron chi connectivity index (χ2n) is 6.75. The first-order valence-corrected chi connectivity index (χ1v) is 9.23. The maximum Gasteiger partial charge on any atom is 0.349 e. The molecule has 1 saturated heterocycles. The van der Waals surface area contributed by atoms with Crippen LogP contribution >= 0.6 is 11.6 Å². The Morgan fingerprint density at radius 1 is 1.04 bits per heavy atom. The summed E-state index contributed by atoms with van der Waals surface area (Å²) in [6, 6.07) is 14.9. The first-order valence-electron chi connectivity index (χ1n) is 8.85. The molecular weight excluding hydrogens is 364 g/mol. The van der Waals surface area contributed by atoms with E-state index in [0.717, 1.165) is 16.6 Å². The third-order valence-electron chi connectivity index (χ3n) is 4.86. The Labute approximate surface area is 161 Å². The quantitative estimate of drug-likeness (QED) is 0.634. The van der Waals surface area contributed by atoms with E-state index in [2.05, 4.69) is 4.90 Å². The second kappa shape index (κ2) is 7.08. The van der Waals surface area contributed by atoms with E-state index in [1.54, 1.807) is 17.0 Å². The fraction of sp³-hybridized carbons (Fsp3) is 0.238. The largest absolute Gasteiger partial charge is 0.422 e. The van der Waals surface area contributed by atoms with Gasteiger partial charge in [-0.05, 0) is 43.3 Å². The van der Waals surface area contributed by atoms with Crippen molar-refractivity contribution < 1.29 is 9.21 Å². The fourth-order valence-corrected chi connectivity index (χ4v) is 3.59. The number of carbonyl (C=O) groups excluding carboxylic acids is 1. The Kier molecular flexibility index (Phi) is 4.62. The van der Waals surface area contributed by atoms with E-state index in [0.29, 0.717) is 36.8 Å². The summed E-state index contributed by atoms with van der Waals surface area (Å²) >= 11 is 6.06. The lowest BCUT2D eigenvalue weighted by Gasteiger charge is -2.36. The molecule has 0 atom stereocenters. The molecule has 3 aromatic rings. The Morgan fingerprint density at radius 3 is 2.56 bits per heavy atom. The summed E-state index contributed by atoms with van der Waals surface area (Å²) in [4.78, 5) is 29.0. The minimum Gasteiger partial charge on any atom is -0.422 e. The molecule has 5 nitrogen and oxygen atoms in total. The monoisotopic (exact) mass is 382 g/mol. The van der Waals surface area contributed by atoms with Crippen molar-refractivity contribution in [3.8, 4) is 0 Å².